The molecule has 2 aromatic heterocycles. The highest BCUT2D eigenvalue weighted by Gasteiger charge is 2.60. The number of pyridine rings is 2. The Hall–Kier alpha value is -3.67. The molecule has 3 heterocycles. The van der Waals surface area contributed by atoms with Crippen LogP contribution in [0.25, 0.3) is 10.9 Å². The SMILES string of the molecule is N#Cc1cnc2c(Cc3ccc(F)c([C@@]4(CF)N=C(N)O[C@@H]5C[C@@H]54)c3)ncc(F)c2c1. The van der Waals surface area contributed by atoms with Crippen LogP contribution in [0.15, 0.2) is 41.7 Å². The zero-order valence-electron chi connectivity index (χ0n) is 16.1. The van der Waals surface area contributed by atoms with Crippen molar-refractivity contribution in [3.05, 3.63) is 70.7 Å². The number of hydrogen-bond acceptors (Lipinski definition) is 6. The van der Waals surface area contributed by atoms with Gasteiger partial charge in [-0.05, 0) is 30.2 Å². The van der Waals surface area contributed by atoms with Crippen molar-refractivity contribution in [2.45, 2.75) is 24.5 Å². The first-order valence-corrected chi connectivity index (χ1v) is 9.65. The van der Waals surface area contributed by atoms with Crippen LogP contribution in [0.5, 0.6) is 0 Å². The van der Waals surface area contributed by atoms with E-state index in [4.69, 9.17) is 15.7 Å². The van der Waals surface area contributed by atoms with Gasteiger partial charge in [-0.15, -0.1) is 0 Å². The Morgan fingerprint density at radius 1 is 1.19 bits per heavy atom. The minimum Gasteiger partial charge on any atom is -0.462 e. The predicted octanol–water partition coefficient (Wildman–Crippen LogP) is 3.27. The number of nitriles is 1. The molecule has 3 aromatic rings. The molecule has 0 saturated heterocycles. The molecule has 2 N–H and O–H groups in total. The molecule has 1 aromatic carbocycles. The maximum atomic E-state index is 14.8. The third-order valence-corrected chi connectivity index (χ3v) is 5.88. The Morgan fingerprint density at radius 3 is 2.81 bits per heavy atom. The van der Waals surface area contributed by atoms with Crippen LogP contribution in [-0.2, 0) is 16.7 Å². The van der Waals surface area contributed by atoms with Crippen molar-refractivity contribution in [2.75, 3.05) is 6.67 Å². The maximum Gasteiger partial charge on any atom is 0.283 e. The number of aromatic nitrogens is 2. The number of benzene rings is 1. The summed E-state index contributed by atoms with van der Waals surface area (Å²) in [6.45, 7) is -0.908. The summed E-state index contributed by atoms with van der Waals surface area (Å²) in [5.41, 5.74) is 6.02. The third kappa shape index (κ3) is 3.06. The van der Waals surface area contributed by atoms with E-state index in [2.05, 4.69) is 15.0 Å². The standard InChI is InChI=1S/C22H16F3N5O/c23-10-22(15-6-19(15)31-21(27)30-22)14-4-11(1-2-16(14)24)5-18-20-13(17(25)9-28-18)3-12(7-26)8-29-20/h1-4,8-9,15,19H,5-6,10H2,(H2,27,30)/t15-,19+,22+/m0/s1. The van der Waals surface area contributed by atoms with E-state index < -0.39 is 23.8 Å². The maximum absolute atomic E-state index is 14.8. The first-order valence-electron chi connectivity index (χ1n) is 9.65. The summed E-state index contributed by atoms with van der Waals surface area (Å²) in [4.78, 5) is 12.5. The van der Waals surface area contributed by atoms with Gasteiger partial charge in [0.05, 0.1) is 23.0 Å². The number of hydrogen-bond donors (Lipinski definition) is 1. The molecule has 1 fully saturated rings. The number of fused-ring (bicyclic) bond motifs is 2. The highest BCUT2D eigenvalue weighted by atomic mass is 19.1. The average Bonchev–Trinajstić information content (AvgIpc) is 3.56. The van der Waals surface area contributed by atoms with Crippen molar-refractivity contribution in [2.24, 2.45) is 16.6 Å². The van der Waals surface area contributed by atoms with Gasteiger partial charge in [0.25, 0.3) is 6.02 Å². The normalized spacial score (nSPS) is 24.1. The minimum absolute atomic E-state index is 0.109. The van der Waals surface area contributed by atoms with E-state index in [0.29, 0.717) is 23.2 Å². The van der Waals surface area contributed by atoms with Gasteiger partial charge in [-0.3, -0.25) is 9.97 Å². The highest BCUT2D eigenvalue weighted by Crippen LogP contribution is 2.53. The number of ether oxygens (including phenoxy) is 1. The summed E-state index contributed by atoms with van der Waals surface area (Å²) in [5, 5.41) is 9.22. The largest absolute Gasteiger partial charge is 0.462 e. The molecule has 0 amide bonds. The van der Waals surface area contributed by atoms with Crippen molar-refractivity contribution < 1.29 is 17.9 Å². The lowest BCUT2D eigenvalue weighted by molar-refractivity contribution is 0.168. The zero-order chi connectivity index (χ0) is 21.8. The lowest BCUT2D eigenvalue weighted by Gasteiger charge is -2.31. The molecule has 31 heavy (non-hydrogen) atoms. The summed E-state index contributed by atoms with van der Waals surface area (Å²) < 4.78 is 48.6. The molecule has 0 bridgehead atoms. The lowest BCUT2D eigenvalue weighted by Crippen LogP contribution is -2.39. The Labute approximate surface area is 175 Å². The van der Waals surface area contributed by atoms with Gasteiger partial charge >= 0.3 is 0 Å². The second-order valence-electron chi connectivity index (χ2n) is 7.78. The lowest BCUT2D eigenvalue weighted by atomic mass is 9.84. The molecular weight excluding hydrogens is 407 g/mol. The molecule has 1 saturated carbocycles. The Balaban J connectivity index is 1.58. The first kappa shape index (κ1) is 19.3. The molecule has 1 aliphatic heterocycles. The summed E-state index contributed by atoms with van der Waals surface area (Å²) in [6.07, 6.45) is 2.89. The second-order valence-corrected chi connectivity index (χ2v) is 7.78. The fourth-order valence-electron chi connectivity index (χ4n) is 4.27. The van der Waals surface area contributed by atoms with Gasteiger partial charge in [0.15, 0.2) is 5.82 Å². The molecule has 2 aliphatic rings. The van der Waals surface area contributed by atoms with E-state index in [0.717, 1.165) is 6.20 Å². The van der Waals surface area contributed by atoms with Crippen LogP contribution in [-0.4, -0.2) is 28.8 Å². The highest BCUT2D eigenvalue weighted by molar-refractivity contribution is 5.82. The van der Waals surface area contributed by atoms with E-state index in [1.165, 1.54) is 18.3 Å². The fraction of sp³-hybridized carbons (Fsp3) is 0.273. The van der Waals surface area contributed by atoms with Gasteiger partial charge in [0, 0.05) is 29.5 Å². The topological polar surface area (TPSA) is 97.2 Å². The number of nitrogens with two attached hydrogens (primary N) is 1. The molecule has 6 nitrogen and oxygen atoms in total. The second kappa shape index (κ2) is 6.94. The van der Waals surface area contributed by atoms with Crippen LogP contribution in [0, 0.1) is 28.9 Å². The Kier molecular flexibility index (Phi) is 4.32. The van der Waals surface area contributed by atoms with Crippen molar-refractivity contribution >= 4 is 16.9 Å². The van der Waals surface area contributed by atoms with Crippen LogP contribution >= 0.6 is 0 Å². The zero-order valence-corrected chi connectivity index (χ0v) is 16.1. The summed E-state index contributed by atoms with van der Waals surface area (Å²) in [5.74, 6) is -1.46. The van der Waals surface area contributed by atoms with Gasteiger partial charge < -0.3 is 10.5 Å². The van der Waals surface area contributed by atoms with Crippen LogP contribution in [0.1, 0.15) is 28.8 Å². The summed E-state index contributed by atoms with van der Waals surface area (Å²) in [6, 6.07) is 7.55. The number of aliphatic imine (C=N–C) groups is 1. The van der Waals surface area contributed by atoms with Crippen LogP contribution in [0.3, 0.4) is 0 Å². The van der Waals surface area contributed by atoms with E-state index in [9.17, 15) is 13.2 Å². The van der Waals surface area contributed by atoms with E-state index >= 15 is 0 Å². The van der Waals surface area contributed by atoms with Gasteiger partial charge in [-0.2, -0.15) is 5.26 Å². The molecule has 1 aliphatic carbocycles. The van der Waals surface area contributed by atoms with Gasteiger partial charge in [-0.25, -0.2) is 18.2 Å². The molecule has 3 atom stereocenters. The molecule has 0 spiro atoms. The predicted molar refractivity (Wildman–Crippen MR) is 106 cm³/mol. The minimum atomic E-state index is -1.43. The van der Waals surface area contributed by atoms with Gasteiger partial charge in [0.2, 0.25) is 0 Å². The molecule has 9 heteroatoms. The molecule has 0 radical (unpaired) electrons. The Bertz CT molecular complexity index is 1290. The molecule has 5 rings (SSSR count). The number of halogens is 3. The summed E-state index contributed by atoms with van der Waals surface area (Å²) >= 11 is 0. The van der Waals surface area contributed by atoms with Crippen LogP contribution in [0.2, 0.25) is 0 Å². The van der Waals surface area contributed by atoms with E-state index in [1.807, 2.05) is 6.07 Å². The van der Waals surface area contributed by atoms with Crippen molar-refractivity contribution in [1.82, 2.24) is 9.97 Å². The molecule has 156 valence electrons. The van der Waals surface area contributed by atoms with Gasteiger partial charge in [0.1, 0.15) is 30.2 Å². The smallest absolute Gasteiger partial charge is 0.283 e. The van der Waals surface area contributed by atoms with Crippen molar-refractivity contribution in [1.29, 1.82) is 5.26 Å². The Morgan fingerprint density at radius 2 is 2.03 bits per heavy atom. The average molecular weight is 423 g/mol. The van der Waals surface area contributed by atoms with Crippen LogP contribution < -0.4 is 5.73 Å². The number of alkyl halides is 1. The summed E-state index contributed by atoms with van der Waals surface area (Å²) in [7, 11) is 0. The van der Waals surface area contributed by atoms with E-state index in [-0.39, 0.29) is 41.0 Å². The van der Waals surface area contributed by atoms with Crippen LogP contribution in [0.4, 0.5) is 13.2 Å². The van der Waals surface area contributed by atoms with E-state index in [1.54, 1.807) is 12.1 Å². The van der Waals surface area contributed by atoms with Gasteiger partial charge in [-0.1, -0.05) is 6.07 Å². The first-order chi connectivity index (χ1) is 14.9. The monoisotopic (exact) mass is 423 g/mol. The number of rotatable bonds is 4. The molecule has 0 unspecified atom stereocenters. The quantitative estimate of drug-likeness (QED) is 0.695. The van der Waals surface area contributed by atoms with Crippen molar-refractivity contribution in [3.63, 3.8) is 0 Å². The molecular formula is C22H16F3N5O. The number of amidine groups is 1. The number of nitrogens with zero attached hydrogens (tertiary/aromatic N) is 4. The fourth-order valence-corrected chi connectivity index (χ4v) is 4.27. The van der Waals surface area contributed by atoms with Crippen molar-refractivity contribution in [3.8, 4) is 6.07 Å². The third-order valence-electron chi connectivity index (χ3n) is 5.88.